The second kappa shape index (κ2) is 9.82. The van der Waals surface area contributed by atoms with Crippen LogP contribution < -0.4 is 10.6 Å². The molecule has 0 saturated carbocycles. The van der Waals surface area contributed by atoms with Gasteiger partial charge in [0, 0.05) is 23.0 Å². The summed E-state index contributed by atoms with van der Waals surface area (Å²) in [7, 11) is 0. The minimum Gasteiger partial charge on any atom is -0.451 e. The van der Waals surface area contributed by atoms with Crippen molar-refractivity contribution in [1.82, 2.24) is 9.97 Å². The fourth-order valence-electron chi connectivity index (χ4n) is 3.79. The molecule has 2 N–H and O–H groups in total. The molecule has 1 unspecified atom stereocenters. The zero-order valence-corrected chi connectivity index (χ0v) is 19.8. The molecule has 0 amide bonds. The summed E-state index contributed by atoms with van der Waals surface area (Å²) >= 11 is 12.5. The molecule has 0 aliphatic carbocycles. The summed E-state index contributed by atoms with van der Waals surface area (Å²) < 4.78 is 32.4. The molecule has 0 aliphatic rings. The van der Waals surface area contributed by atoms with Gasteiger partial charge < -0.3 is 15.1 Å². The Morgan fingerprint density at radius 3 is 2.42 bits per heavy atom. The highest BCUT2D eigenvalue weighted by molar-refractivity contribution is 6.36. The number of nitrogens with zero attached hydrogens (tertiary/aromatic N) is 3. The summed E-state index contributed by atoms with van der Waals surface area (Å²) in [5.74, 6) is -0.922. The lowest BCUT2D eigenvalue weighted by molar-refractivity contribution is 0.556. The Bertz CT molecular complexity index is 1600. The van der Waals surface area contributed by atoms with Crippen molar-refractivity contribution >= 4 is 51.2 Å². The van der Waals surface area contributed by atoms with Crippen molar-refractivity contribution in [2.45, 2.75) is 6.04 Å². The van der Waals surface area contributed by atoms with Crippen LogP contribution in [-0.4, -0.2) is 9.97 Å². The van der Waals surface area contributed by atoms with Crippen molar-refractivity contribution in [3.63, 3.8) is 0 Å². The molecule has 5 aromatic rings. The predicted molar refractivity (Wildman–Crippen MR) is 135 cm³/mol. The highest BCUT2D eigenvalue weighted by Crippen LogP contribution is 2.37. The summed E-state index contributed by atoms with van der Waals surface area (Å²) in [5, 5.41) is 17.0. The van der Waals surface area contributed by atoms with E-state index in [9.17, 15) is 14.0 Å². The molecule has 0 radical (unpaired) electrons. The van der Waals surface area contributed by atoms with Crippen molar-refractivity contribution in [2.75, 3.05) is 10.6 Å². The van der Waals surface area contributed by atoms with E-state index in [-0.39, 0.29) is 16.4 Å². The summed E-state index contributed by atoms with van der Waals surface area (Å²) in [4.78, 5) is 8.59. The zero-order chi connectivity index (χ0) is 25.2. The Labute approximate surface area is 214 Å². The van der Waals surface area contributed by atoms with Crippen LogP contribution >= 0.6 is 23.2 Å². The lowest BCUT2D eigenvalue weighted by atomic mass is 10.0. The molecule has 2 aromatic heterocycles. The van der Waals surface area contributed by atoms with Gasteiger partial charge in [-0.1, -0.05) is 35.3 Å². The number of fused-ring (bicyclic) bond motifs is 1. The second-order valence-electron chi connectivity index (χ2n) is 7.81. The van der Waals surface area contributed by atoms with Crippen LogP contribution in [0, 0.1) is 23.0 Å². The van der Waals surface area contributed by atoms with Crippen molar-refractivity contribution in [3.05, 3.63) is 112 Å². The first-order valence-corrected chi connectivity index (χ1v) is 11.3. The van der Waals surface area contributed by atoms with Crippen LogP contribution in [0.3, 0.4) is 0 Å². The third-order valence-electron chi connectivity index (χ3n) is 5.50. The molecule has 0 spiro atoms. The highest BCUT2D eigenvalue weighted by atomic mass is 35.5. The molecule has 10 heteroatoms. The minimum absolute atomic E-state index is 0.0630. The number of rotatable bonds is 6. The van der Waals surface area contributed by atoms with Gasteiger partial charge in [-0.15, -0.1) is 0 Å². The largest absolute Gasteiger partial charge is 0.451 e. The van der Waals surface area contributed by atoms with Gasteiger partial charge >= 0.3 is 0 Å². The van der Waals surface area contributed by atoms with Gasteiger partial charge in [0.1, 0.15) is 29.7 Å². The van der Waals surface area contributed by atoms with Gasteiger partial charge in [-0.3, -0.25) is 4.98 Å². The molecule has 5 rings (SSSR count). The second-order valence-corrected chi connectivity index (χ2v) is 8.62. The number of anilines is 3. The van der Waals surface area contributed by atoms with Gasteiger partial charge in [0.2, 0.25) is 0 Å². The number of hydrogen-bond acceptors (Lipinski definition) is 6. The highest BCUT2D eigenvalue weighted by Gasteiger charge is 2.19. The molecule has 36 heavy (non-hydrogen) atoms. The molecule has 1 atom stereocenters. The lowest BCUT2D eigenvalue weighted by Crippen LogP contribution is -2.13. The number of halogens is 4. The third-order valence-corrected chi connectivity index (χ3v) is 6.07. The van der Waals surface area contributed by atoms with Gasteiger partial charge in [0.05, 0.1) is 32.9 Å². The van der Waals surface area contributed by atoms with E-state index in [4.69, 9.17) is 27.6 Å². The van der Waals surface area contributed by atoms with Gasteiger partial charge in [-0.05, 0) is 48.0 Å². The van der Waals surface area contributed by atoms with Crippen LogP contribution in [0.5, 0.6) is 0 Å². The number of nitrogens with one attached hydrogen (secondary N) is 2. The van der Waals surface area contributed by atoms with Crippen molar-refractivity contribution < 1.29 is 13.2 Å². The summed E-state index contributed by atoms with van der Waals surface area (Å²) in [6, 6.07) is 15.3. The van der Waals surface area contributed by atoms with Gasteiger partial charge in [0.15, 0.2) is 6.39 Å². The SMILES string of the molecule is N#Cc1cnc2c(Cl)cc(NC(c3ccc(F)cc3)c3cocn3)cc2c1Nc1ccc(F)c(Cl)c1. The quantitative estimate of drug-likeness (QED) is 0.239. The van der Waals surface area contributed by atoms with Crippen LogP contribution in [0.2, 0.25) is 10.0 Å². The van der Waals surface area contributed by atoms with E-state index in [1.807, 2.05) is 0 Å². The Kier molecular flexibility index (Phi) is 6.42. The van der Waals surface area contributed by atoms with E-state index in [0.29, 0.717) is 38.7 Å². The van der Waals surface area contributed by atoms with Crippen LogP contribution in [0.15, 0.2) is 77.9 Å². The Hall–Kier alpha value is -4.19. The molecular formula is C26H15Cl2F2N5O. The fourth-order valence-corrected chi connectivity index (χ4v) is 4.24. The van der Waals surface area contributed by atoms with Crippen molar-refractivity contribution in [2.24, 2.45) is 0 Å². The predicted octanol–water partition coefficient (Wildman–Crippen LogP) is 7.62. The van der Waals surface area contributed by atoms with E-state index in [0.717, 1.165) is 5.56 Å². The first-order chi connectivity index (χ1) is 17.4. The number of nitriles is 1. The first kappa shape index (κ1) is 23.5. The summed E-state index contributed by atoms with van der Waals surface area (Å²) in [6.07, 6.45) is 4.20. The molecular weight excluding hydrogens is 507 g/mol. The number of oxazole rings is 1. The van der Waals surface area contributed by atoms with Crippen LogP contribution in [0.4, 0.5) is 25.8 Å². The van der Waals surface area contributed by atoms with Gasteiger partial charge in [-0.2, -0.15) is 5.26 Å². The Balaban J connectivity index is 1.61. The first-order valence-electron chi connectivity index (χ1n) is 10.6. The Morgan fingerprint density at radius 1 is 0.944 bits per heavy atom. The molecule has 0 aliphatic heterocycles. The normalized spacial score (nSPS) is 11.8. The average Bonchev–Trinajstić information content (AvgIpc) is 3.40. The maximum atomic E-state index is 13.7. The summed E-state index contributed by atoms with van der Waals surface area (Å²) in [6.45, 7) is 0. The number of benzene rings is 3. The van der Waals surface area contributed by atoms with Crippen molar-refractivity contribution in [1.29, 1.82) is 5.26 Å². The van der Waals surface area contributed by atoms with E-state index in [1.54, 1.807) is 24.3 Å². The summed E-state index contributed by atoms with van der Waals surface area (Å²) in [5.41, 5.74) is 3.51. The van der Waals surface area contributed by atoms with Crippen LogP contribution in [0.25, 0.3) is 10.9 Å². The molecule has 3 aromatic carbocycles. The average molecular weight is 522 g/mol. The fraction of sp³-hybridized carbons (Fsp3) is 0.0385. The van der Waals surface area contributed by atoms with E-state index in [1.165, 1.54) is 49.2 Å². The standard InChI is InChI=1S/C26H15Cl2F2N5O/c27-20-8-17(5-6-22(20)30)34-24-15(10-31)11-32-26-19(24)7-18(9-21(26)28)35-25(23-12-36-13-33-23)14-1-3-16(29)4-2-14/h1-9,11-13,25,35H,(H,32,34). The monoisotopic (exact) mass is 521 g/mol. The molecule has 0 saturated heterocycles. The molecule has 0 bridgehead atoms. The van der Waals surface area contributed by atoms with E-state index >= 15 is 0 Å². The Morgan fingerprint density at radius 2 is 1.72 bits per heavy atom. The topological polar surface area (TPSA) is 86.8 Å². The van der Waals surface area contributed by atoms with Gasteiger partial charge in [-0.25, -0.2) is 13.8 Å². The number of hydrogen-bond donors (Lipinski definition) is 2. The maximum absolute atomic E-state index is 13.7. The van der Waals surface area contributed by atoms with Gasteiger partial charge in [0.25, 0.3) is 0 Å². The van der Waals surface area contributed by atoms with Crippen LogP contribution in [-0.2, 0) is 0 Å². The van der Waals surface area contributed by atoms with Crippen molar-refractivity contribution in [3.8, 4) is 6.07 Å². The van der Waals surface area contributed by atoms with E-state index in [2.05, 4.69) is 26.7 Å². The molecule has 0 fully saturated rings. The molecule has 6 nitrogen and oxygen atoms in total. The van der Waals surface area contributed by atoms with Crippen LogP contribution in [0.1, 0.15) is 22.9 Å². The molecule has 178 valence electrons. The molecule has 2 heterocycles. The third kappa shape index (κ3) is 4.67. The smallest absolute Gasteiger partial charge is 0.180 e. The number of pyridine rings is 1. The lowest BCUT2D eigenvalue weighted by Gasteiger charge is -2.20. The minimum atomic E-state index is -0.559. The number of aromatic nitrogens is 2. The maximum Gasteiger partial charge on any atom is 0.180 e. The zero-order valence-electron chi connectivity index (χ0n) is 18.3. The van der Waals surface area contributed by atoms with E-state index < -0.39 is 11.9 Å².